The van der Waals surface area contributed by atoms with E-state index in [1.165, 1.54) is 17.7 Å². The maximum absolute atomic E-state index is 13.3. The minimum atomic E-state index is -0.247. The lowest BCUT2D eigenvalue weighted by Gasteiger charge is -2.26. The van der Waals surface area contributed by atoms with Gasteiger partial charge >= 0.3 is 0 Å². The van der Waals surface area contributed by atoms with Crippen LogP contribution < -0.4 is 0 Å². The number of aromatic nitrogens is 3. The Labute approximate surface area is 158 Å². The van der Waals surface area contributed by atoms with Gasteiger partial charge in [0.05, 0.1) is 30.9 Å². The van der Waals surface area contributed by atoms with Crippen molar-refractivity contribution >= 4 is 0 Å². The predicted octanol–water partition coefficient (Wildman–Crippen LogP) is 3.54. The number of rotatable bonds is 6. The van der Waals surface area contributed by atoms with Crippen molar-refractivity contribution in [3.05, 3.63) is 60.4 Å². The molecule has 5 nitrogen and oxygen atoms in total. The molecule has 1 N–H and O–H groups in total. The Morgan fingerprint density at radius 1 is 1.11 bits per heavy atom. The molecule has 2 aromatic heterocycles. The number of pyridine rings is 1. The van der Waals surface area contributed by atoms with E-state index in [-0.39, 0.29) is 5.82 Å². The highest BCUT2D eigenvalue weighted by Gasteiger charge is 2.15. The van der Waals surface area contributed by atoms with Gasteiger partial charge < -0.3 is 9.72 Å². The Hall–Kier alpha value is -2.57. The van der Waals surface area contributed by atoms with Crippen molar-refractivity contribution in [2.45, 2.75) is 12.8 Å². The molecule has 6 heteroatoms. The lowest BCUT2D eigenvalue weighted by molar-refractivity contribution is 0.0375. The molecule has 1 aromatic carbocycles. The van der Waals surface area contributed by atoms with E-state index in [1.54, 1.807) is 24.7 Å². The van der Waals surface area contributed by atoms with Gasteiger partial charge in [0.15, 0.2) is 0 Å². The fourth-order valence-corrected chi connectivity index (χ4v) is 3.51. The average Bonchev–Trinajstić information content (AvgIpc) is 3.19. The van der Waals surface area contributed by atoms with E-state index in [4.69, 9.17) is 4.74 Å². The summed E-state index contributed by atoms with van der Waals surface area (Å²) in [5.74, 6) is -0.247. The van der Waals surface area contributed by atoms with Gasteiger partial charge in [-0.3, -0.25) is 9.88 Å². The molecular weight excluding hydrogens is 343 g/mol. The number of hydrogen-bond acceptors (Lipinski definition) is 4. The van der Waals surface area contributed by atoms with E-state index in [9.17, 15) is 4.39 Å². The van der Waals surface area contributed by atoms with Crippen LogP contribution >= 0.6 is 0 Å². The Balaban J connectivity index is 1.53. The first kappa shape index (κ1) is 17.8. The van der Waals surface area contributed by atoms with Crippen molar-refractivity contribution in [1.29, 1.82) is 0 Å². The molecule has 1 saturated heterocycles. The van der Waals surface area contributed by atoms with Crippen molar-refractivity contribution in [1.82, 2.24) is 19.9 Å². The topological polar surface area (TPSA) is 54.0 Å². The number of nitrogens with one attached hydrogen (secondary N) is 1. The standard InChI is InChI=1S/C21H23FN4O/c22-18-5-3-16(4-6-18)20-21(25-15-24-20)19-7-8-23-14-17(19)2-1-9-26-10-12-27-13-11-26/h3-8,14-15H,1-2,9-13H2,(H,24,25). The van der Waals surface area contributed by atoms with Crippen molar-refractivity contribution in [3.8, 4) is 22.5 Å². The molecule has 4 rings (SSSR count). The Morgan fingerprint density at radius 2 is 1.93 bits per heavy atom. The van der Waals surface area contributed by atoms with Crippen LogP contribution in [0, 0.1) is 5.82 Å². The van der Waals surface area contributed by atoms with Gasteiger partial charge in [0, 0.05) is 36.6 Å². The fourth-order valence-electron chi connectivity index (χ4n) is 3.51. The molecule has 27 heavy (non-hydrogen) atoms. The lowest BCUT2D eigenvalue weighted by Crippen LogP contribution is -2.36. The average molecular weight is 366 g/mol. The van der Waals surface area contributed by atoms with Crippen LogP contribution in [0.3, 0.4) is 0 Å². The van der Waals surface area contributed by atoms with E-state index in [2.05, 4.69) is 19.9 Å². The van der Waals surface area contributed by atoms with Crippen LogP contribution in [0.4, 0.5) is 4.39 Å². The number of aryl methyl sites for hydroxylation is 1. The number of halogens is 1. The van der Waals surface area contributed by atoms with Gasteiger partial charge in [-0.1, -0.05) is 0 Å². The largest absolute Gasteiger partial charge is 0.379 e. The van der Waals surface area contributed by atoms with Gasteiger partial charge in [0.25, 0.3) is 0 Å². The minimum Gasteiger partial charge on any atom is -0.379 e. The summed E-state index contributed by atoms with van der Waals surface area (Å²) in [4.78, 5) is 14.5. The summed E-state index contributed by atoms with van der Waals surface area (Å²) in [7, 11) is 0. The first-order valence-electron chi connectivity index (χ1n) is 9.34. The summed E-state index contributed by atoms with van der Waals surface area (Å²) in [5.41, 5.74) is 4.96. The summed E-state index contributed by atoms with van der Waals surface area (Å²) in [6.07, 6.45) is 7.44. The number of ether oxygens (including phenoxy) is 1. The molecule has 1 aliphatic rings. The van der Waals surface area contributed by atoms with Crippen LogP contribution in [-0.4, -0.2) is 52.7 Å². The highest BCUT2D eigenvalue weighted by molar-refractivity contribution is 5.79. The third-order valence-corrected chi connectivity index (χ3v) is 4.95. The predicted molar refractivity (Wildman–Crippen MR) is 103 cm³/mol. The number of aromatic amines is 1. The van der Waals surface area contributed by atoms with Gasteiger partial charge in [0.1, 0.15) is 5.82 Å². The zero-order valence-electron chi connectivity index (χ0n) is 15.2. The number of morpholine rings is 1. The number of H-pyrrole nitrogens is 1. The van der Waals surface area contributed by atoms with Crippen molar-refractivity contribution in [2.75, 3.05) is 32.8 Å². The molecule has 0 saturated carbocycles. The molecule has 0 atom stereocenters. The summed E-state index contributed by atoms with van der Waals surface area (Å²) in [5, 5.41) is 0. The van der Waals surface area contributed by atoms with E-state index in [0.717, 1.165) is 68.2 Å². The maximum Gasteiger partial charge on any atom is 0.123 e. The van der Waals surface area contributed by atoms with Gasteiger partial charge in [-0.25, -0.2) is 9.37 Å². The summed E-state index contributed by atoms with van der Waals surface area (Å²) in [6, 6.07) is 8.46. The lowest BCUT2D eigenvalue weighted by atomic mass is 9.99. The van der Waals surface area contributed by atoms with Crippen molar-refractivity contribution < 1.29 is 9.13 Å². The number of hydrogen-bond donors (Lipinski definition) is 1. The van der Waals surface area contributed by atoms with Crippen LogP contribution in [0.5, 0.6) is 0 Å². The van der Waals surface area contributed by atoms with E-state index < -0.39 is 0 Å². The highest BCUT2D eigenvalue weighted by Crippen LogP contribution is 2.31. The molecule has 0 amide bonds. The van der Waals surface area contributed by atoms with Gasteiger partial charge in [-0.05, 0) is 55.3 Å². The molecule has 0 spiro atoms. The summed E-state index contributed by atoms with van der Waals surface area (Å²) >= 11 is 0. The zero-order valence-corrected chi connectivity index (χ0v) is 15.2. The van der Waals surface area contributed by atoms with E-state index in [0.29, 0.717) is 0 Å². The smallest absolute Gasteiger partial charge is 0.123 e. The molecule has 0 aliphatic carbocycles. The van der Waals surface area contributed by atoms with Crippen LogP contribution in [0.1, 0.15) is 12.0 Å². The molecule has 3 heterocycles. The Bertz CT molecular complexity index is 872. The monoisotopic (exact) mass is 366 g/mol. The van der Waals surface area contributed by atoms with E-state index >= 15 is 0 Å². The second-order valence-corrected chi connectivity index (χ2v) is 6.72. The normalized spacial score (nSPS) is 15.1. The molecule has 1 fully saturated rings. The fraction of sp³-hybridized carbons (Fsp3) is 0.333. The summed E-state index contributed by atoms with van der Waals surface area (Å²) < 4.78 is 18.7. The molecule has 1 aliphatic heterocycles. The van der Waals surface area contributed by atoms with Crippen LogP contribution in [0.2, 0.25) is 0 Å². The molecule has 0 unspecified atom stereocenters. The van der Waals surface area contributed by atoms with Gasteiger partial charge in [-0.2, -0.15) is 0 Å². The first-order valence-corrected chi connectivity index (χ1v) is 9.34. The Morgan fingerprint density at radius 3 is 2.74 bits per heavy atom. The maximum atomic E-state index is 13.3. The summed E-state index contributed by atoms with van der Waals surface area (Å²) in [6.45, 7) is 4.73. The number of imidazole rings is 1. The molecule has 3 aromatic rings. The van der Waals surface area contributed by atoms with Crippen molar-refractivity contribution in [2.24, 2.45) is 0 Å². The van der Waals surface area contributed by atoms with Crippen LogP contribution in [0.15, 0.2) is 49.1 Å². The number of nitrogens with zero attached hydrogens (tertiary/aromatic N) is 3. The second-order valence-electron chi connectivity index (χ2n) is 6.72. The quantitative estimate of drug-likeness (QED) is 0.725. The SMILES string of the molecule is Fc1ccc(-c2nc[nH]c2-c2ccncc2CCCN2CCOCC2)cc1. The second kappa shape index (κ2) is 8.41. The Kier molecular flexibility index (Phi) is 5.55. The third kappa shape index (κ3) is 4.23. The van der Waals surface area contributed by atoms with E-state index in [1.807, 2.05) is 12.3 Å². The first-order chi connectivity index (χ1) is 13.3. The van der Waals surface area contributed by atoms with Crippen LogP contribution in [0.25, 0.3) is 22.5 Å². The molecule has 0 radical (unpaired) electrons. The molecular formula is C21H23FN4O. The highest BCUT2D eigenvalue weighted by atomic mass is 19.1. The van der Waals surface area contributed by atoms with Crippen molar-refractivity contribution in [3.63, 3.8) is 0 Å². The van der Waals surface area contributed by atoms with Crippen LogP contribution in [-0.2, 0) is 11.2 Å². The minimum absolute atomic E-state index is 0.247. The molecule has 140 valence electrons. The van der Waals surface area contributed by atoms with Gasteiger partial charge in [-0.15, -0.1) is 0 Å². The molecule has 0 bridgehead atoms. The van der Waals surface area contributed by atoms with Gasteiger partial charge in [0.2, 0.25) is 0 Å². The third-order valence-electron chi connectivity index (χ3n) is 4.95. The number of benzene rings is 1. The zero-order chi connectivity index (χ0) is 18.5.